The molecule has 3 rings (SSSR count). The van der Waals surface area contributed by atoms with Crippen LogP contribution in [0.4, 0.5) is 0 Å². The fourth-order valence-corrected chi connectivity index (χ4v) is 3.22. The third-order valence-corrected chi connectivity index (χ3v) is 4.64. The van der Waals surface area contributed by atoms with E-state index in [1.807, 2.05) is 50.7 Å². The minimum absolute atomic E-state index is 0.0334. The van der Waals surface area contributed by atoms with Crippen molar-refractivity contribution in [1.82, 2.24) is 19.6 Å². The molecule has 0 saturated carbocycles. The third kappa shape index (κ3) is 4.23. The fraction of sp³-hybridized carbons (Fsp3) is 0.579. The summed E-state index contributed by atoms with van der Waals surface area (Å²) in [6.45, 7) is 6.47. The van der Waals surface area contributed by atoms with Crippen molar-refractivity contribution in [3.05, 3.63) is 35.3 Å². The van der Waals surface area contributed by atoms with Gasteiger partial charge in [-0.25, -0.2) is 4.98 Å². The Balaban J connectivity index is 1.73. The molecule has 2 aromatic rings. The second kappa shape index (κ2) is 8.16. The molecule has 3 heterocycles. The normalized spacial score (nSPS) is 20.7. The van der Waals surface area contributed by atoms with Crippen LogP contribution in [0.25, 0.3) is 5.65 Å². The van der Waals surface area contributed by atoms with Gasteiger partial charge in [-0.1, -0.05) is 6.07 Å². The van der Waals surface area contributed by atoms with Gasteiger partial charge in [0, 0.05) is 19.3 Å². The molecule has 1 saturated heterocycles. The highest BCUT2D eigenvalue weighted by molar-refractivity contribution is 5.95. The lowest BCUT2D eigenvalue weighted by atomic mass is 10.1. The zero-order chi connectivity index (χ0) is 18.7. The lowest BCUT2D eigenvalue weighted by molar-refractivity contribution is -0.0562. The number of imidazole rings is 1. The number of hydrogen-bond acceptors (Lipinski definition) is 5. The van der Waals surface area contributed by atoms with Gasteiger partial charge < -0.3 is 19.7 Å². The van der Waals surface area contributed by atoms with Crippen LogP contribution in [0.2, 0.25) is 0 Å². The first-order valence-electron chi connectivity index (χ1n) is 9.06. The van der Waals surface area contributed by atoms with Crippen LogP contribution in [0.5, 0.6) is 0 Å². The van der Waals surface area contributed by atoms with E-state index in [0.717, 1.165) is 29.9 Å². The summed E-state index contributed by atoms with van der Waals surface area (Å²) in [5.74, 6) is -0.141. The molecule has 2 atom stereocenters. The van der Waals surface area contributed by atoms with Crippen molar-refractivity contribution in [3.63, 3.8) is 0 Å². The number of rotatable bonds is 6. The van der Waals surface area contributed by atoms with E-state index in [1.54, 1.807) is 0 Å². The minimum atomic E-state index is -0.159. The zero-order valence-electron chi connectivity index (χ0n) is 16.0. The number of likely N-dealkylation sites (N-methyl/N-ethyl adjacent to an activating group) is 1. The molecule has 0 spiro atoms. The van der Waals surface area contributed by atoms with E-state index in [1.165, 1.54) is 0 Å². The van der Waals surface area contributed by atoms with Crippen molar-refractivity contribution < 1.29 is 14.3 Å². The lowest BCUT2D eigenvalue weighted by Gasteiger charge is -2.32. The first-order chi connectivity index (χ1) is 12.5. The number of aromatic nitrogens is 2. The van der Waals surface area contributed by atoms with Gasteiger partial charge >= 0.3 is 0 Å². The Bertz CT molecular complexity index is 771. The Morgan fingerprint density at radius 1 is 1.42 bits per heavy atom. The van der Waals surface area contributed by atoms with Gasteiger partial charge in [-0.15, -0.1) is 0 Å². The van der Waals surface area contributed by atoms with Crippen molar-refractivity contribution in [2.24, 2.45) is 0 Å². The number of fused-ring (bicyclic) bond motifs is 1. The van der Waals surface area contributed by atoms with Gasteiger partial charge in [0.1, 0.15) is 11.3 Å². The molecule has 1 aliphatic heterocycles. The molecule has 0 aliphatic carbocycles. The van der Waals surface area contributed by atoms with Crippen molar-refractivity contribution in [2.75, 3.05) is 40.5 Å². The Labute approximate surface area is 154 Å². The highest BCUT2D eigenvalue weighted by Crippen LogP contribution is 2.16. The number of aryl methyl sites for hydroxylation is 2. The SMILES string of the molecule is Cc1ccc2nc(C)c(C(=O)N[C@@H]3COCC[C@@H]3OCCN(C)C)n2c1. The van der Waals surface area contributed by atoms with Gasteiger partial charge in [0.2, 0.25) is 0 Å². The zero-order valence-corrected chi connectivity index (χ0v) is 16.0. The molecule has 0 bridgehead atoms. The summed E-state index contributed by atoms with van der Waals surface area (Å²) < 4.78 is 13.4. The minimum Gasteiger partial charge on any atom is -0.379 e. The van der Waals surface area contributed by atoms with Crippen LogP contribution in [0.1, 0.15) is 28.2 Å². The molecule has 1 fully saturated rings. The molecule has 1 amide bonds. The third-order valence-electron chi connectivity index (χ3n) is 4.64. The molecule has 7 nitrogen and oxygen atoms in total. The van der Waals surface area contributed by atoms with Crippen molar-refractivity contribution in [1.29, 1.82) is 0 Å². The fourth-order valence-electron chi connectivity index (χ4n) is 3.22. The average Bonchev–Trinajstić information content (AvgIpc) is 2.91. The van der Waals surface area contributed by atoms with Crippen molar-refractivity contribution in [3.8, 4) is 0 Å². The van der Waals surface area contributed by atoms with E-state index in [-0.39, 0.29) is 18.1 Å². The van der Waals surface area contributed by atoms with E-state index in [4.69, 9.17) is 9.47 Å². The summed E-state index contributed by atoms with van der Waals surface area (Å²) in [5.41, 5.74) is 3.14. The largest absolute Gasteiger partial charge is 0.379 e. The Hall–Kier alpha value is -1.96. The van der Waals surface area contributed by atoms with E-state index < -0.39 is 0 Å². The van der Waals surface area contributed by atoms with Crippen LogP contribution in [-0.2, 0) is 9.47 Å². The molecular formula is C19H28N4O3. The Kier molecular flexibility index (Phi) is 5.90. The molecule has 1 N–H and O–H groups in total. The standard InChI is InChI=1S/C19H28N4O3/c1-13-5-6-17-20-14(2)18(23(17)11-13)19(24)21-15-12-25-9-7-16(15)26-10-8-22(3)4/h5-6,11,15-16H,7-10,12H2,1-4H3,(H,21,24)/t15-,16+/m1/s1. The Morgan fingerprint density at radius 3 is 3.00 bits per heavy atom. The highest BCUT2D eigenvalue weighted by Gasteiger charge is 2.29. The molecule has 2 aromatic heterocycles. The van der Waals surface area contributed by atoms with E-state index in [0.29, 0.717) is 25.5 Å². The second-order valence-electron chi connectivity index (χ2n) is 7.14. The van der Waals surface area contributed by atoms with E-state index in [9.17, 15) is 4.79 Å². The van der Waals surface area contributed by atoms with Gasteiger partial charge in [0.05, 0.1) is 31.1 Å². The number of nitrogens with one attached hydrogen (secondary N) is 1. The molecule has 0 radical (unpaired) electrons. The summed E-state index contributed by atoms with van der Waals surface area (Å²) in [4.78, 5) is 19.5. The smallest absolute Gasteiger partial charge is 0.270 e. The first-order valence-corrected chi connectivity index (χ1v) is 9.06. The van der Waals surface area contributed by atoms with Crippen molar-refractivity contribution in [2.45, 2.75) is 32.4 Å². The number of pyridine rings is 1. The van der Waals surface area contributed by atoms with E-state index in [2.05, 4.69) is 15.2 Å². The average molecular weight is 360 g/mol. The van der Waals surface area contributed by atoms with Gasteiger partial charge in [-0.2, -0.15) is 0 Å². The molecular weight excluding hydrogens is 332 g/mol. The maximum atomic E-state index is 13.0. The van der Waals surface area contributed by atoms with Crippen LogP contribution in [0.3, 0.4) is 0 Å². The summed E-state index contributed by atoms with van der Waals surface area (Å²) in [6, 6.07) is 3.76. The molecule has 1 aliphatic rings. The predicted molar refractivity (Wildman–Crippen MR) is 99.7 cm³/mol. The lowest BCUT2D eigenvalue weighted by Crippen LogP contribution is -2.51. The number of carbonyl (C=O) groups is 1. The molecule has 0 unspecified atom stereocenters. The second-order valence-corrected chi connectivity index (χ2v) is 7.14. The van der Waals surface area contributed by atoms with Crippen LogP contribution in [-0.4, -0.2) is 72.8 Å². The summed E-state index contributed by atoms with van der Waals surface area (Å²) >= 11 is 0. The number of carbonyl (C=O) groups excluding carboxylic acids is 1. The van der Waals surface area contributed by atoms with Crippen LogP contribution < -0.4 is 5.32 Å². The molecule has 142 valence electrons. The summed E-state index contributed by atoms with van der Waals surface area (Å²) in [7, 11) is 4.03. The molecule has 7 heteroatoms. The van der Waals surface area contributed by atoms with Crippen LogP contribution >= 0.6 is 0 Å². The Morgan fingerprint density at radius 2 is 2.23 bits per heavy atom. The topological polar surface area (TPSA) is 68.1 Å². The highest BCUT2D eigenvalue weighted by atomic mass is 16.5. The first kappa shape index (κ1) is 18.8. The monoisotopic (exact) mass is 360 g/mol. The quantitative estimate of drug-likeness (QED) is 0.844. The predicted octanol–water partition coefficient (Wildman–Crippen LogP) is 1.42. The number of amides is 1. The molecule has 26 heavy (non-hydrogen) atoms. The van der Waals surface area contributed by atoms with Gasteiger partial charge in [-0.3, -0.25) is 9.20 Å². The number of nitrogens with zero attached hydrogens (tertiary/aromatic N) is 3. The number of hydrogen-bond donors (Lipinski definition) is 1. The maximum absolute atomic E-state index is 13.0. The van der Waals surface area contributed by atoms with Crippen LogP contribution in [0, 0.1) is 13.8 Å². The van der Waals surface area contributed by atoms with E-state index >= 15 is 0 Å². The van der Waals surface area contributed by atoms with Gasteiger partial charge in [-0.05, 0) is 46.0 Å². The number of ether oxygens (including phenoxy) is 2. The maximum Gasteiger partial charge on any atom is 0.270 e. The van der Waals surface area contributed by atoms with Gasteiger partial charge in [0.25, 0.3) is 5.91 Å². The molecule has 0 aromatic carbocycles. The van der Waals surface area contributed by atoms with Crippen molar-refractivity contribution >= 4 is 11.6 Å². The van der Waals surface area contributed by atoms with Gasteiger partial charge in [0.15, 0.2) is 0 Å². The summed E-state index contributed by atoms with van der Waals surface area (Å²) in [6.07, 6.45) is 2.69. The summed E-state index contributed by atoms with van der Waals surface area (Å²) in [5, 5.41) is 3.10. The van der Waals surface area contributed by atoms with Crippen LogP contribution in [0.15, 0.2) is 18.3 Å².